The fourth-order valence-electron chi connectivity index (χ4n) is 2.71. The van der Waals surface area contributed by atoms with Crippen LogP contribution in [0.1, 0.15) is 71.6 Å². The average molecular weight is 242 g/mol. The molecule has 0 aromatic carbocycles. The predicted octanol–water partition coefficient (Wildman–Crippen LogP) is 3.91. The normalized spacial score (nSPS) is 21.9. The highest BCUT2D eigenvalue weighted by molar-refractivity contribution is 4.76. The zero-order valence-corrected chi connectivity index (χ0v) is 11.9. The molecular weight excluding hydrogens is 212 g/mol. The summed E-state index contributed by atoms with van der Waals surface area (Å²) in [5, 5.41) is 10.3. The van der Waals surface area contributed by atoms with Gasteiger partial charge in [0.15, 0.2) is 0 Å². The maximum Gasteiger partial charge on any atom is 0.0623 e. The molecule has 0 amide bonds. The monoisotopic (exact) mass is 242 g/mol. The average Bonchev–Trinajstić information content (AvgIpc) is 2.26. The molecule has 1 rings (SSSR count). The number of aliphatic hydroxyl groups is 1. The fourth-order valence-corrected chi connectivity index (χ4v) is 2.71. The van der Waals surface area contributed by atoms with Crippen LogP contribution in [0, 0.1) is 5.92 Å². The van der Waals surface area contributed by atoms with E-state index < -0.39 is 0 Å². The van der Waals surface area contributed by atoms with Crippen molar-refractivity contribution in [2.75, 3.05) is 7.11 Å². The van der Waals surface area contributed by atoms with E-state index in [1.54, 1.807) is 7.11 Å². The first-order valence-electron chi connectivity index (χ1n) is 7.28. The Morgan fingerprint density at radius 2 is 1.65 bits per heavy atom. The minimum atomic E-state index is -0.123. The fraction of sp³-hybridized carbons (Fsp3) is 1.00. The van der Waals surface area contributed by atoms with Gasteiger partial charge in [0, 0.05) is 7.11 Å². The van der Waals surface area contributed by atoms with Crippen molar-refractivity contribution in [2.45, 2.75) is 83.3 Å². The number of aliphatic hydroxyl groups excluding tert-OH is 1. The van der Waals surface area contributed by atoms with Gasteiger partial charge in [0.05, 0.1) is 11.7 Å². The smallest absolute Gasteiger partial charge is 0.0623 e. The molecule has 1 aliphatic carbocycles. The van der Waals surface area contributed by atoms with E-state index in [0.29, 0.717) is 5.92 Å². The molecule has 1 aliphatic rings. The van der Waals surface area contributed by atoms with Gasteiger partial charge in [-0.05, 0) is 45.4 Å². The zero-order chi connectivity index (χ0) is 12.7. The molecule has 1 saturated carbocycles. The molecule has 2 nitrogen and oxygen atoms in total. The Balaban J connectivity index is 2.31. The zero-order valence-electron chi connectivity index (χ0n) is 11.9. The molecule has 102 valence electrons. The third-order valence-electron chi connectivity index (χ3n) is 4.29. The summed E-state index contributed by atoms with van der Waals surface area (Å²) < 4.78 is 5.41. The number of hydrogen-bond acceptors (Lipinski definition) is 2. The summed E-state index contributed by atoms with van der Waals surface area (Å²) in [6.45, 7) is 4.19. The molecule has 0 aliphatic heterocycles. The summed E-state index contributed by atoms with van der Waals surface area (Å²) in [4.78, 5) is 0. The lowest BCUT2D eigenvalue weighted by atomic mass is 9.84. The minimum Gasteiger partial charge on any atom is -0.393 e. The van der Waals surface area contributed by atoms with Gasteiger partial charge in [-0.3, -0.25) is 0 Å². The molecule has 0 saturated heterocycles. The second-order valence-corrected chi connectivity index (χ2v) is 6.18. The third kappa shape index (κ3) is 5.87. The highest BCUT2D eigenvalue weighted by Gasteiger charge is 2.23. The van der Waals surface area contributed by atoms with Gasteiger partial charge in [-0.1, -0.05) is 32.1 Å². The molecule has 0 radical (unpaired) electrons. The minimum absolute atomic E-state index is 0.0946. The van der Waals surface area contributed by atoms with Gasteiger partial charge in [-0.15, -0.1) is 0 Å². The van der Waals surface area contributed by atoms with Gasteiger partial charge in [0.25, 0.3) is 0 Å². The van der Waals surface area contributed by atoms with Crippen molar-refractivity contribution in [3.05, 3.63) is 0 Å². The van der Waals surface area contributed by atoms with Crippen LogP contribution in [0.5, 0.6) is 0 Å². The summed E-state index contributed by atoms with van der Waals surface area (Å²) in [6.07, 6.45) is 10.8. The Kier molecular flexibility index (Phi) is 6.50. The van der Waals surface area contributed by atoms with Crippen LogP contribution in [-0.4, -0.2) is 23.9 Å². The molecule has 0 heterocycles. The summed E-state index contributed by atoms with van der Waals surface area (Å²) in [5.74, 6) is 0.531. The second-order valence-electron chi connectivity index (χ2n) is 6.18. The number of rotatable bonds is 5. The Hall–Kier alpha value is -0.0800. The van der Waals surface area contributed by atoms with Gasteiger partial charge in [0.1, 0.15) is 0 Å². The molecule has 1 fully saturated rings. The summed E-state index contributed by atoms with van der Waals surface area (Å²) in [7, 11) is 1.75. The quantitative estimate of drug-likeness (QED) is 0.792. The lowest BCUT2D eigenvalue weighted by Gasteiger charge is -2.28. The van der Waals surface area contributed by atoms with E-state index >= 15 is 0 Å². The Labute approximate surface area is 107 Å². The van der Waals surface area contributed by atoms with Crippen molar-refractivity contribution >= 4 is 0 Å². The molecule has 1 N–H and O–H groups in total. The molecule has 0 spiro atoms. The number of ether oxygens (including phenoxy) is 1. The van der Waals surface area contributed by atoms with Crippen molar-refractivity contribution in [1.29, 1.82) is 0 Å². The van der Waals surface area contributed by atoms with Crippen molar-refractivity contribution in [1.82, 2.24) is 0 Å². The topological polar surface area (TPSA) is 29.5 Å². The van der Waals surface area contributed by atoms with Gasteiger partial charge in [-0.2, -0.15) is 0 Å². The van der Waals surface area contributed by atoms with Gasteiger partial charge in [0.2, 0.25) is 0 Å². The van der Waals surface area contributed by atoms with Crippen molar-refractivity contribution in [3.8, 4) is 0 Å². The van der Waals surface area contributed by atoms with Crippen LogP contribution in [0.15, 0.2) is 0 Å². The van der Waals surface area contributed by atoms with Crippen molar-refractivity contribution in [2.24, 2.45) is 5.92 Å². The molecule has 2 heteroatoms. The SMILES string of the molecule is COC(C)(C)CCC(O)C1CCCCCCC1. The first kappa shape index (κ1) is 15.0. The Bertz CT molecular complexity index is 193. The highest BCUT2D eigenvalue weighted by atomic mass is 16.5. The lowest BCUT2D eigenvalue weighted by molar-refractivity contribution is -0.00616. The maximum atomic E-state index is 10.3. The van der Waals surface area contributed by atoms with E-state index in [0.717, 1.165) is 12.8 Å². The van der Waals surface area contributed by atoms with Crippen LogP contribution in [0.4, 0.5) is 0 Å². The maximum absolute atomic E-state index is 10.3. The van der Waals surface area contributed by atoms with Gasteiger partial charge >= 0.3 is 0 Å². The Morgan fingerprint density at radius 3 is 2.18 bits per heavy atom. The van der Waals surface area contributed by atoms with Crippen LogP contribution in [-0.2, 0) is 4.74 Å². The molecule has 0 aromatic heterocycles. The van der Waals surface area contributed by atoms with E-state index in [9.17, 15) is 5.11 Å². The summed E-state index contributed by atoms with van der Waals surface area (Å²) in [5.41, 5.74) is -0.0946. The summed E-state index contributed by atoms with van der Waals surface area (Å²) in [6, 6.07) is 0. The third-order valence-corrected chi connectivity index (χ3v) is 4.29. The van der Waals surface area contributed by atoms with Gasteiger partial charge in [-0.25, -0.2) is 0 Å². The molecule has 1 atom stereocenters. The highest BCUT2D eigenvalue weighted by Crippen LogP contribution is 2.28. The van der Waals surface area contributed by atoms with E-state index in [1.165, 1.54) is 44.9 Å². The van der Waals surface area contributed by atoms with Gasteiger partial charge < -0.3 is 9.84 Å². The van der Waals surface area contributed by atoms with Crippen LogP contribution in [0.25, 0.3) is 0 Å². The predicted molar refractivity (Wildman–Crippen MR) is 72.1 cm³/mol. The molecule has 1 unspecified atom stereocenters. The molecule has 0 aromatic rings. The molecule has 17 heavy (non-hydrogen) atoms. The standard InChI is InChI=1S/C15H30O2/c1-15(2,17-3)12-11-14(16)13-9-7-5-4-6-8-10-13/h13-14,16H,4-12H2,1-3H3. The van der Waals surface area contributed by atoms with Crippen LogP contribution in [0.3, 0.4) is 0 Å². The number of methoxy groups -OCH3 is 1. The van der Waals surface area contributed by atoms with Crippen molar-refractivity contribution in [3.63, 3.8) is 0 Å². The Morgan fingerprint density at radius 1 is 1.12 bits per heavy atom. The molecule has 0 bridgehead atoms. The van der Waals surface area contributed by atoms with E-state index in [2.05, 4.69) is 13.8 Å². The van der Waals surface area contributed by atoms with E-state index in [-0.39, 0.29) is 11.7 Å². The van der Waals surface area contributed by atoms with Crippen LogP contribution < -0.4 is 0 Å². The van der Waals surface area contributed by atoms with Crippen LogP contribution in [0.2, 0.25) is 0 Å². The van der Waals surface area contributed by atoms with Crippen LogP contribution >= 0.6 is 0 Å². The first-order chi connectivity index (χ1) is 8.05. The van der Waals surface area contributed by atoms with E-state index in [1.807, 2.05) is 0 Å². The van der Waals surface area contributed by atoms with Crippen molar-refractivity contribution < 1.29 is 9.84 Å². The molecular formula is C15H30O2. The van der Waals surface area contributed by atoms with E-state index in [4.69, 9.17) is 4.74 Å². The first-order valence-corrected chi connectivity index (χ1v) is 7.28. The largest absolute Gasteiger partial charge is 0.393 e. The number of hydrogen-bond donors (Lipinski definition) is 1. The second kappa shape index (κ2) is 7.38. The summed E-state index contributed by atoms with van der Waals surface area (Å²) >= 11 is 0. The lowest BCUT2D eigenvalue weighted by Crippen LogP contribution is -2.28.